The first-order valence-electron chi connectivity index (χ1n) is 8.81. The molecule has 0 radical (unpaired) electrons. The first kappa shape index (κ1) is 21.4. The Balaban J connectivity index is 1.82. The zero-order chi connectivity index (χ0) is 21.9. The van der Waals surface area contributed by atoms with Crippen molar-refractivity contribution in [3.05, 3.63) is 93.7 Å². The van der Waals surface area contributed by atoms with Crippen LogP contribution in [0.5, 0.6) is 0 Å². The van der Waals surface area contributed by atoms with Gasteiger partial charge in [-0.25, -0.2) is 17.9 Å². The number of nitrogens with one attached hydrogen (secondary N) is 1. The third-order valence-corrected chi connectivity index (χ3v) is 5.33. The maximum Gasteiger partial charge on any atom is 0.268 e. The number of pyridine rings is 1. The highest BCUT2D eigenvalue weighted by molar-refractivity contribution is 7.89. The van der Waals surface area contributed by atoms with Crippen LogP contribution >= 0.6 is 0 Å². The molecule has 1 amide bonds. The van der Waals surface area contributed by atoms with Gasteiger partial charge in [0.25, 0.3) is 11.5 Å². The summed E-state index contributed by atoms with van der Waals surface area (Å²) in [6.45, 7) is 0.224. The Bertz CT molecular complexity index is 1250. The molecule has 0 fully saturated rings. The molecule has 10 heteroatoms. The number of hydrogen-bond donors (Lipinski definition) is 3. The summed E-state index contributed by atoms with van der Waals surface area (Å²) in [7, 11) is -3.81. The van der Waals surface area contributed by atoms with Crippen molar-refractivity contribution in [2.24, 2.45) is 10.9 Å². The number of primary sulfonamides is 1. The van der Waals surface area contributed by atoms with Crippen molar-refractivity contribution < 1.29 is 17.6 Å². The molecule has 0 aliphatic carbocycles. The van der Waals surface area contributed by atoms with Gasteiger partial charge in [-0.05, 0) is 47.5 Å². The van der Waals surface area contributed by atoms with Gasteiger partial charge in [-0.15, -0.1) is 0 Å². The summed E-state index contributed by atoms with van der Waals surface area (Å²) in [5.74, 6) is -1.28. The van der Waals surface area contributed by atoms with E-state index in [1.54, 1.807) is 0 Å². The molecule has 2 aromatic carbocycles. The molecule has 156 valence electrons. The number of carbonyl (C=O) groups is 1. The second-order valence-electron chi connectivity index (χ2n) is 6.46. The Labute approximate surface area is 172 Å². The van der Waals surface area contributed by atoms with Crippen molar-refractivity contribution in [1.29, 1.82) is 0 Å². The van der Waals surface area contributed by atoms with Crippen LogP contribution in [0.25, 0.3) is 5.69 Å². The standard InChI is InChI=1S/C20H19FN4O4S/c21-17-8-5-14(11-22)10-18(17)25-9-1-2-16(20(25)27)19(26)24-12-13-3-6-15(7-4-13)30(23,28)29/h1-10H,11-12,22H2,(H,24,26)(H2,23,28,29). The van der Waals surface area contributed by atoms with E-state index in [0.717, 1.165) is 4.57 Å². The average molecular weight is 430 g/mol. The number of carbonyl (C=O) groups excluding carboxylic acids is 1. The maximum atomic E-state index is 14.2. The molecular weight excluding hydrogens is 411 g/mol. The van der Waals surface area contributed by atoms with Gasteiger partial charge in [-0.2, -0.15) is 0 Å². The van der Waals surface area contributed by atoms with Crippen LogP contribution in [-0.2, 0) is 23.1 Å². The van der Waals surface area contributed by atoms with E-state index in [0.29, 0.717) is 11.1 Å². The summed E-state index contributed by atoms with van der Waals surface area (Å²) in [6, 6.07) is 12.6. The quantitative estimate of drug-likeness (QED) is 0.536. The lowest BCUT2D eigenvalue weighted by atomic mass is 10.1. The molecule has 0 bridgehead atoms. The van der Waals surface area contributed by atoms with E-state index in [1.165, 1.54) is 60.8 Å². The molecule has 3 rings (SSSR count). The van der Waals surface area contributed by atoms with Crippen LogP contribution < -0.4 is 21.7 Å². The second kappa shape index (κ2) is 8.57. The van der Waals surface area contributed by atoms with Gasteiger partial charge in [-0.3, -0.25) is 14.2 Å². The molecule has 8 nitrogen and oxygen atoms in total. The topological polar surface area (TPSA) is 137 Å². The molecule has 3 aromatic rings. The largest absolute Gasteiger partial charge is 0.348 e. The summed E-state index contributed by atoms with van der Waals surface area (Å²) >= 11 is 0. The summed E-state index contributed by atoms with van der Waals surface area (Å²) in [5.41, 5.74) is 5.96. The molecule has 5 N–H and O–H groups in total. The highest BCUT2D eigenvalue weighted by Gasteiger charge is 2.15. The van der Waals surface area contributed by atoms with E-state index in [4.69, 9.17) is 10.9 Å². The van der Waals surface area contributed by atoms with Crippen molar-refractivity contribution in [3.8, 4) is 5.69 Å². The van der Waals surface area contributed by atoms with Crippen LogP contribution in [0.3, 0.4) is 0 Å². The zero-order valence-electron chi connectivity index (χ0n) is 15.7. The highest BCUT2D eigenvalue weighted by atomic mass is 32.2. The van der Waals surface area contributed by atoms with Gasteiger partial charge in [0, 0.05) is 19.3 Å². The lowest BCUT2D eigenvalue weighted by Gasteiger charge is -2.11. The van der Waals surface area contributed by atoms with Crippen molar-refractivity contribution in [1.82, 2.24) is 9.88 Å². The third-order valence-electron chi connectivity index (χ3n) is 4.40. The van der Waals surface area contributed by atoms with E-state index in [-0.39, 0.29) is 29.2 Å². The van der Waals surface area contributed by atoms with Crippen molar-refractivity contribution in [2.45, 2.75) is 18.0 Å². The van der Waals surface area contributed by atoms with Crippen LogP contribution in [0.15, 0.2) is 70.5 Å². The summed E-state index contributed by atoms with van der Waals surface area (Å²) in [5, 5.41) is 7.63. The molecule has 0 aliphatic heterocycles. The predicted molar refractivity (Wildman–Crippen MR) is 109 cm³/mol. The number of nitrogens with zero attached hydrogens (tertiary/aromatic N) is 1. The lowest BCUT2D eigenvalue weighted by molar-refractivity contribution is 0.0949. The molecule has 0 saturated carbocycles. The van der Waals surface area contributed by atoms with E-state index >= 15 is 0 Å². The number of nitrogens with two attached hydrogens (primary N) is 2. The molecule has 1 aromatic heterocycles. The number of hydrogen-bond acceptors (Lipinski definition) is 5. The fourth-order valence-corrected chi connectivity index (χ4v) is 3.32. The van der Waals surface area contributed by atoms with E-state index in [2.05, 4.69) is 5.32 Å². The van der Waals surface area contributed by atoms with Gasteiger partial charge in [0.05, 0.1) is 10.6 Å². The van der Waals surface area contributed by atoms with Gasteiger partial charge in [0.15, 0.2) is 0 Å². The minimum Gasteiger partial charge on any atom is -0.348 e. The summed E-state index contributed by atoms with van der Waals surface area (Å²) < 4.78 is 37.8. The molecule has 0 unspecified atom stereocenters. The van der Waals surface area contributed by atoms with Crippen molar-refractivity contribution >= 4 is 15.9 Å². The first-order valence-corrected chi connectivity index (χ1v) is 10.4. The number of halogens is 1. The SMILES string of the molecule is NCc1ccc(F)c(-n2cccc(C(=O)NCc3ccc(S(N)(=O)=O)cc3)c2=O)c1. The van der Waals surface area contributed by atoms with Gasteiger partial charge >= 0.3 is 0 Å². The van der Waals surface area contributed by atoms with Crippen LogP contribution in [0, 0.1) is 5.82 Å². The monoisotopic (exact) mass is 430 g/mol. The molecule has 0 saturated heterocycles. The van der Waals surface area contributed by atoms with Gasteiger partial charge in [0.2, 0.25) is 10.0 Å². The van der Waals surface area contributed by atoms with Crippen molar-refractivity contribution in [3.63, 3.8) is 0 Å². The summed E-state index contributed by atoms with van der Waals surface area (Å²) in [6.07, 6.45) is 1.36. The van der Waals surface area contributed by atoms with E-state index < -0.39 is 27.3 Å². The molecule has 30 heavy (non-hydrogen) atoms. The molecule has 1 heterocycles. The molecular formula is C20H19FN4O4S. The fraction of sp³-hybridized carbons (Fsp3) is 0.100. The van der Waals surface area contributed by atoms with Crippen molar-refractivity contribution in [2.75, 3.05) is 0 Å². The van der Waals surface area contributed by atoms with Gasteiger partial charge in [-0.1, -0.05) is 18.2 Å². The maximum absolute atomic E-state index is 14.2. The summed E-state index contributed by atoms with van der Waals surface area (Å²) in [4.78, 5) is 25.2. The average Bonchev–Trinajstić information content (AvgIpc) is 2.72. The van der Waals surface area contributed by atoms with E-state index in [9.17, 15) is 22.4 Å². The Kier molecular flexibility index (Phi) is 6.11. The Morgan fingerprint density at radius 2 is 1.73 bits per heavy atom. The second-order valence-corrected chi connectivity index (χ2v) is 8.02. The highest BCUT2D eigenvalue weighted by Crippen LogP contribution is 2.14. The first-order chi connectivity index (χ1) is 14.2. The molecule has 0 spiro atoms. The third kappa shape index (κ3) is 4.62. The van der Waals surface area contributed by atoms with Crippen LogP contribution in [0.2, 0.25) is 0 Å². The Morgan fingerprint density at radius 1 is 1.07 bits per heavy atom. The normalized spacial score (nSPS) is 11.3. The van der Waals surface area contributed by atoms with Gasteiger partial charge in [0.1, 0.15) is 11.4 Å². The van der Waals surface area contributed by atoms with E-state index in [1.807, 2.05) is 0 Å². The lowest BCUT2D eigenvalue weighted by Crippen LogP contribution is -2.32. The molecule has 0 aliphatic rings. The predicted octanol–water partition coefficient (Wildman–Crippen LogP) is 1.01. The number of benzene rings is 2. The number of rotatable bonds is 6. The number of aromatic nitrogens is 1. The number of amides is 1. The minimum absolute atomic E-state index is 0.00353. The zero-order valence-corrected chi connectivity index (χ0v) is 16.5. The minimum atomic E-state index is -3.81. The fourth-order valence-electron chi connectivity index (χ4n) is 2.80. The Morgan fingerprint density at radius 3 is 2.37 bits per heavy atom. The van der Waals surface area contributed by atoms with Crippen LogP contribution in [0.4, 0.5) is 4.39 Å². The Hall–Kier alpha value is -3.34. The number of sulfonamides is 1. The van der Waals surface area contributed by atoms with Gasteiger partial charge < -0.3 is 11.1 Å². The van der Waals surface area contributed by atoms with Crippen LogP contribution in [0.1, 0.15) is 21.5 Å². The molecule has 0 atom stereocenters. The smallest absolute Gasteiger partial charge is 0.268 e. The van der Waals surface area contributed by atoms with Crippen LogP contribution in [-0.4, -0.2) is 18.9 Å².